The van der Waals surface area contributed by atoms with Gasteiger partial charge >= 0.3 is 5.97 Å². The summed E-state index contributed by atoms with van der Waals surface area (Å²) in [5.74, 6) is -1.05. The van der Waals surface area contributed by atoms with E-state index in [9.17, 15) is 14.4 Å². The van der Waals surface area contributed by atoms with Gasteiger partial charge in [-0.2, -0.15) is 0 Å². The van der Waals surface area contributed by atoms with Crippen molar-refractivity contribution in [1.29, 1.82) is 0 Å². The van der Waals surface area contributed by atoms with Gasteiger partial charge in [0.05, 0.1) is 5.92 Å². The lowest BCUT2D eigenvalue weighted by Gasteiger charge is -2.33. The van der Waals surface area contributed by atoms with Crippen molar-refractivity contribution in [3.63, 3.8) is 0 Å². The zero-order valence-electron chi connectivity index (χ0n) is 16.0. The molecule has 0 spiro atoms. The first kappa shape index (κ1) is 20.9. The number of hydrogen-bond donors (Lipinski definition) is 2. The molecule has 0 radical (unpaired) electrons. The van der Waals surface area contributed by atoms with E-state index in [1.807, 2.05) is 37.3 Å². The zero-order valence-corrected chi connectivity index (χ0v) is 16.0. The number of hydrogen-bond acceptors (Lipinski definition) is 3. The van der Waals surface area contributed by atoms with Gasteiger partial charge < -0.3 is 15.3 Å². The number of aliphatic carboxylic acids is 1. The van der Waals surface area contributed by atoms with E-state index < -0.39 is 5.97 Å². The maximum atomic E-state index is 12.8. The van der Waals surface area contributed by atoms with Crippen molar-refractivity contribution in [2.45, 2.75) is 57.9 Å². The van der Waals surface area contributed by atoms with Crippen LogP contribution in [0.15, 0.2) is 30.3 Å². The highest BCUT2D eigenvalue weighted by Crippen LogP contribution is 2.19. The summed E-state index contributed by atoms with van der Waals surface area (Å²) in [5.41, 5.74) is 1.07. The van der Waals surface area contributed by atoms with Gasteiger partial charge in [0.2, 0.25) is 11.8 Å². The Morgan fingerprint density at radius 2 is 1.96 bits per heavy atom. The predicted molar refractivity (Wildman–Crippen MR) is 103 cm³/mol. The molecule has 2 rings (SSSR count). The molecule has 0 bridgehead atoms. The van der Waals surface area contributed by atoms with E-state index >= 15 is 0 Å². The van der Waals surface area contributed by atoms with Crippen molar-refractivity contribution in [2.75, 3.05) is 13.1 Å². The first-order valence-electron chi connectivity index (χ1n) is 9.83. The molecular weight excluding hydrogens is 344 g/mol. The topological polar surface area (TPSA) is 86.7 Å². The van der Waals surface area contributed by atoms with Crippen LogP contribution in [0, 0.1) is 5.92 Å². The largest absolute Gasteiger partial charge is 0.481 e. The number of rotatable bonds is 9. The SMILES string of the molecule is CCCC(=O)N1CCCC(C(=O)NC(CCC(=O)O)Cc2ccccc2)C1. The smallest absolute Gasteiger partial charge is 0.303 e. The molecule has 0 aliphatic carbocycles. The molecule has 1 fully saturated rings. The highest BCUT2D eigenvalue weighted by atomic mass is 16.4. The summed E-state index contributed by atoms with van der Waals surface area (Å²) < 4.78 is 0. The van der Waals surface area contributed by atoms with Crippen molar-refractivity contribution >= 4 is 17.8 Å². The van der Waals surface area contributed by atoms with E-state index in [0.29, 0.717) is 25.8 Å². The summed E-state index contributed by atoms with van der Waals surface area (Å²) >= 11 is 0. The highest BCUT2D eigenvalue weighted by molar-refractivity contribution is 5.81. The average Bonchev–Trinajstić information content (AvgIpc) is 2.67. The van der Waals surface area contributed by atoms with E-state index in [1.165, 1.54) is 0 Å². The molecule has 2 N–H and O–H groups in total. The molecule has 2 unspecified atom stereocenters. The van der Waals surface area contributed by atoms with Gasteiger partial charge in [-0.3, -0.25) is 14.4 Å². The summed E-state index contributed by atoms with van der Waals surface area (Å²) in [4.78, 5) is 37.7. The summed E-state index contributed by atoms with van der Waals surface area (Å²) in [7, 11) is 0. The number of carbonyl (C=O) groups excluding carboxylic acids is 2. The second-order valence-corrected chi connectivity index (χ2v) is 7.26. The molecule has 148 valence electrons. The molecule has 1 aliphatic heterocycles. The number of carbonyl (C=O) groups is 3. The quantitative estimate of drug-likeness (QED) is 0.696. The van der Waals surface area contributed by atoms with Crippen LogP contribution in [0.2, 0.25) is 0 Å². The third-order valence-corrected chi connectivity index (χ3v) is 4.99. The van der Waals surface area contributed by atoms with Gasteiger partial charge in [0.1, 0.15) is 0 Å². The molecule has 2 amide bonds. The van der Waals surface area contributed by atoms with Gasteiger partial charge in [-0.1, -0.05) is 37.3 Å². The van der Waals surface area contributed by atoms with E-state index in [4.69, 9.17) is 5.11 Å². The normalized spacial score (nSPS) is 18.0. The molecule has 27 heavy (non-hydrogen) atoms. The molecule has 1 heterocycles. The second kappa shape index (κ2) is 10.7. The minimum absolute atomic E-state index is 0.0174. The van der Waals surface area contributed by atoms with Crippen molar-refractivity contribution in [1.82, 2.24) is 10.2 Å². The minimum atomic E-state index is -0.865. The third-order valence-electron chi connectivity index (χ3n) is 4.99. The Hall–Kier alpha value is -2.37. The first-order valence-corrected chi connectivity index (χ1v) is 9.83. The molecule has 1 aromatic carbocycles. The van der Waals surface area contributed by atoms with E-state index in [-0.39, 0.29) is 30.2 Å². The average molecular weight is 374 g/mol. The zero-order chi connectivity index (χ0) is 19.6. The van der Waals surface area contributed by atoms with Crippen LogP contribution in [0.3, 0.4) is 0 Å². The van der Waals surface area contributed by atoms with Crippen molar-refractivity contribution in [3.8, 4) is 0 Å². The first-order chi connectivity index (χ1) is 13.0. The lowest BCUT2D eigenvalue weighted by Crippen LogP contribution is -2.48. The van der Waals surface area contributed by atoms with Crippen molar-refractivity contribution in [2.24, 2.45) is 5.92 Å². The fourth-order valence-electron chi connectivity index (χ4n) is 3.53. The van der Waals surface area contributed by atoms with Gasteiger partial charge in [0, 0.05) is 32.0 Å². The fourth-order valence-corrected chi connectivity index (χ4v) is 3.53. The van der Waals surface area contributed by atoms with Crippen LogP contribution < -0.4 is 5.32 Å². The summed E-state index contributed by atoms with van der Waals surface area (Å²) in [6.07, 6.45) is 3.92. The summed E-state index contributed by atoms with van der Waals surface area (Å²) in [6, 6.07) is 9.53. The van der Waals surface area contributed by atoms with Crippen LogP contribution in [0.5, 0.6) is 0 Å². The van der Waals surface area contributed by atoms with E-state index in [1.54, 1.807) is 4.90 Å². The van der Waals surface area contributed by atoms with Crippen LogP contribution in [-0.4, -0.2) is 46.9 Å². The van der Waals surface area contributed by atoms with Gasteiger partial charge in [0.25, 0.3) is 0 Å². The van der Waals surface area contributed by atoms with Crippen LogP contribution in [0.1, 0.15) is 51.0 Å². The minimum Gasteiger partial charge on any atom is -0.481 e. The predicted octanol–water partition coefficient (Wildman–Crippen LogP) is 2.62. The number of amides is 2. The molecule has 6 heteroatoms. The highest BCUT2D eigenvalue weighted by Gasteiger charge is 2.29. The Morgan fingerprint density at radius 3 is 2.63 bits per heavy atom. The number of piperidine rings is 1. The number of carboxylic acid groups (broad SMARTS) is 1. The maximum Gasteiger partial charge on any atom is 0.303 e. The molecule has 0 saturated carbocycles. The Kier molecular flexibility index (Phi) is 8.30. The van der Waals surface area contributed by atoms with Crippen LogP contribution in [0.4, 0.5) is 0 Å². The number of benzene rings is 1. The Labute approximate surface area is 160 Å². The van der Waals surface area contributed by atoms with Gasteiger partial charge in [0.15, 0.2) is 0 Å². The molecule has 1 aliphatic rings. The molecule has 2 atom stereocenters. The lowest BCUT2D eigenvalue weighted by atomic mass is 9.95. The number of carboxylic acids is 1. The van der Waals surface area contributed by atoms with Gasteiger partial charge in [-0.25, -0.2) is 0 Å². The maximum absolute atomic E-state index is 12.8. The van der Waals surface area contributed by atoms with Crippen LogP contribution in [0.25, 0.3) is 0 Å². The number of likely N-dealkylation sites (tertiary alicyclic amines) is 1. The fraction of sp³-hybridized carbons (Fsp3) is 0.571. The standard InChI is InChI=1S/C21H30N2O4/c1-2-7-19(24)23-13-6-10-17(15-23)21(27)22-18(11-12-20(25)26)14-16-8-4-3-5-9-16/h3-5,8-9,17-18H,2,6-7,10-15H2,1H3,(H,22,27)(H,25,26). The van der Waals surface area contributed by atoms with Gasteiger partial charge in [-0.15, -0.1) is 0 Å². The van der Waals surface area contributed by atoms with Crippen LogP contribution >= 0.6 is 0 Å². The Balaban J connectivity index is 1.96. The second-order valence-electron chi connectivity index (χ2n) is 7.26. The number of nitrogens with one attached hydrogen (secondary N) is 1. The molecule has 6 nitrogen and oxygen atoms in total. The summed E-state index contributed by atoms with van der Waals surface area (Å²) in [5, 5.41) is 12.0. The monoisotopic (exact) mass is 374 g/mol. The molecular formula is C21H30N2O4. The van der Waals surface area contributed by atoms with Crippen LogP contribution in [-0.2, 0) is 20.8 Å². The molecule has 1 aromatic rings. The number of nitrogens with zero attached hydrogens (tertiary/aromatic N) is 1. The molecule has 0 aromatic heterocycles. The van der Waals surface area contributed by atoms with Gasteiger partial charge in [-0.05, 0) is 37.7 Å². The third kappa shape index (κ3) is 7.04. The summed E-state index contributed by atoms with van der Waals surface area (Å²) in [6.45, 7) is 3.15. The van der Waals surface area contributed by atoms with Crippen molar-refractivity contribution in [3.05, 3.63) is 35.9 Å². The molecule has 1 saturated heterocycles. The Morgan fingerprint density at radius 1 is 1.22 bits per heavy atom. The van der Waals surface area contributed by atoms with E-state index in [0.717, 1.165) is 31.4 Å². The van der Waals surface area contributed by atoms with E-state index in [2.05, 4.69) is 5.32 Å². The Bertz CT molecular complexity index is 632. The van der Waals surface area contributed by atoms with Crippen molar-refractivity contribution < 1.29 is 19.5 Å². The lowest BCUT2D eigenvalue weighted by molar-refractivity contribution is -0.138.